The van der Waals surface area contributed by atoms with Crippen LogP contribution in [0.2, 0.25) is 0 Å². The van der Waals surface area contributed by atoms with Crippen molar-refractivity contribution in [3.05, 3.63) is 59.8 Å². The van der Waals surface area contributed by atoms with Gasteiger partial charge < -0.3 is 4.90 Å². The Morgan fingerprint density at radius 2 is 1.80 bits per heavy atom. The Labute approximate surface area is 92.7 Å². The Bertz CT molecular complexity index is 333. The smallest absolute Gasteiger partial charge is 0.0420 e. The monoisotopic (exact) mass is 201 g/mol. The van der Waals surface area contributed by atoms with E-state index in [1.54, 1.807) is 0 Å². The molecule has 1 rings (SSSR count). The van der Waals surface area contributed by atoms with Crippen LogP contribution in [-0.2, 0) is 6.54 Å². The summed E-state index contributed by atoms with van der Waals surface area (Å²) in [5.41, 5.74) is 2.65. The van der Waals surface area contributed by atoms with Crippen molar-refractivity contribution in [1.82, 2.24) is 4.90 Å². The van der Waals surface area contributed by atoms with Crippen molar-refractivity contribution >= 4 is 0 Å². The summed E-state index contributed by atoms with van der Waals surface area (Å²) < 4.78 is 0. The Morgan fingerprint density at radius 3 is 2.40 bits per heavy atom. The normalized spacial score (nSPS) is 11.4. The molecule has 0 heterocycles. The highest BCUT2D eigenvalue weighted by atomic mass is 15.1. The van der Waals surface area contributed by atoms with E-state index in [0.29, 0.717) is 0 Å². The van der Waals surface area contributed by atoms with Crippen LogP contribution >= 0.6 is 0 Å². The van der Waals surface area contributed by atoms with Gasteiger partial charge in [0.1, 0.15) is 0 Å². The molecule has 0 unspecified atom stereocenters. The summed E-state index contributed by atoms with van der Waals surface area (Å²) in [7, 11) is 2.08. The Kier molecular flexibility index (Phi) is 4.69. The molecule has 0 atom stereocenters. The lowest BCUT2D eigenvalue weighted by atomic mass is 10.1. The van der Waals surface area contributed by atoms with Crippen LogP contribution < -0.4 is 0 Å². The van der Waals surface area contributed by atoms with Crippen molar-refractivity contribution in [2.75, 3.05) is 7.05 Å². The topological polar surface area (TPSA) is 3.24 Å². The van der Waals surface area contributed by atoms with Crippen molar-refractivity contribution < 1.29 is 0 Å². The molecule has 15 heavy (non-hydrogen) atoms. The van der Waals surface area contributed by atoms with Crippen LogP contribution in [0, 0.1) is 6.92 Å². The Balaban J connectivity index is 2.51. The second-order valence-corrected chi connectivity index (χ2v) is 3.77. The summed E-state index contributed by atoms with van der Waals surface area (Å²) in [5, 5.41) is 0. The molecule has 0 aliphatic heterocycles. The van der Waals surface area contributed by atoms with Crippen LogP contribution in [0.1, 0.15) is 18.1 Å². The largest absolute Gasteiger partial charge is 0.376 e. The summed E-state index contributed by atoms with van der Waals surface area (Å²) in [4.78, 5) is 2.17. The summed E-state index contributed by atoms with van der Waals surface area (Å²) in [6.07, 6.45) is 8.19. The lowest BCUT2D eigenvalue weighted by Gasteiger charge is -2.13. The summed E-state index contributed by atoms with van der Waals surface area (Å²) >= 11 is 0. The molecule has 1 aromatic carbocycles. The third-order valence-electron chi connectivity index (χ3n) is 2.20. The molecule has 0 saturated heterocycles. The molecule has 0 saturated carbocycles. The molecule has 0 fully saturated rings. The molecule has 0 radical (unpaired) electrons. The van der Waals surface area contributed by atoms with Gasteiger partial charge in [0.05, 0.1) is 0 Å². The van der Waals surface area contributed by atoms with Gasteiger partial charge in [0, 0.05) is 13.6 Å². The first-order chi connectivity index (χ1) is 7.22. The predicted octanol–water partition coefficient (Wildman–Crippen LogP) is 3.52. The maximum absolute atomic E-state index is 2.18. The van der Waals surface area contributed by atoms with E-state index in [2.05, 4.69) is 49.3 Å². The van der Waals surface area contributed by atoms with Crippen LogP contribution in [0.5, 0.6) is 0 Å². The van der Waals surface area contributed by atoms with E-state index in [0.717, 1.165) is 6.54 Å². The molecular formula is C14H19N. The minimum Gasteiger partial charge on any atom is -0.376 e. The van der Waals surface area contributed by atoms with E-state index in [4.69, 9.17) is 0 Å². The summed E-state index contributed by atoms with van der Waals surface area (Å²) in [6, 6.07) is 8.66. The summed E-state index contributed by atoms with van der Waals surface area (Å²) in [6.45, 7) is 5.08. The van der Waals surface area contributed by atoms with E-state index < -0.39 is 0 Å². The van der Waals surface area contributed by atoms with E-state index in [9.17, 15) is 0 Å². The molecule has 1 nitrogen and oxygen atoms in total. The highest BCUT2D eigenvalue weighted by molar-refractivity contribution is 5.21. The fourth-order valence-electron chi connectivity index (χ4n) is 1.34. The maximum Gasteiger partial charge on any atom is 0.0420 e. The second-order valence-electron chi connectivity index (χ2n) is 3.77. The van der Waals surface area contributed by atoms with Gasteiger partial charge in [0.15, 0.2) is 0 Å². The number of benzene rings is 1. The fourth-order valence-corrected chi connectivity index (χ4v) is 1.34. The van der Waals surface area contributed by atoms with E-state index >= 15 is 0 Å². The molecule has 0 amide bonds. The predicted molar refractivity (Wildman–Crippen MR) is 66.6 cm³/mol. The number of rotatable bonds is 4. The van der Waals surface area contributed by atoms with Crippen molar-refractivity contribution in [3.8, 4) is 0 Å². The zero-order valence-electron chi connectivity index (χ0n) is 9.77. The number of hydrogen-bond donors (Lipinski definition) is 0. The average molecular weight is 201 g/mol. The molecule has 80 valence electrons. The lowest BCUT2D eigenvalue weighted by molar-refractivity contribution is 0.451. The zero-order valence-corrected chi connectivity index (χ0v) is 9.77. The van der Waals surface area contributed by atoms with Crippen LogP contribution in [-0.4, -0.2) is 11.9 Å². The van der Waals surface area contributed by atoms with Gasteiger partial charge >= 0.3 is 0 Å². The SMILES string of the molecule is C/C=C\C=C/N(C)Cc1ccc(C)cc1. The van der Waals surface area contributed by atoms with Gasteiger partial charge in [0.25, 0.3) is 0 Å². The van der Waals surface area contributed by atoms with Gasteiger partial charge in [-0.25, -0.2) is 0 Å². The third-order valence-corrected chi connectivity index (χ3v) is 2.20. The minimum absolute atomic E-state index is 0.953. The molecule has 0 aliphatic rings. The quantitative estimate of drug-likeness (QED) is 0.674. The molecular weight excluding hydrogens is 182 g/mol. The van der Waals surface area contributed by atoms with Gasteiger partial charge in [0.2, 0.25) is 0 Å². The van der Waals surface area contributed by atoms with Crippen LogP contribution in [0.3, 0.4) is 0 Å². The third kappa shape index (κ3) is 4.50. The van der Waals surface area contributed by atoms with E-state index in [1.807, 2.05) is 25.2 Å². The van der Waals surface area contributed by atoms with Crippen LogP contribution in [0.15, 0.2) is 48.7 Å². The lowest BCUT2D eigenvalue weighted by Crippen LogP contribution is -2.09. The van der Waals surface area contributed by atoms with Gasteiger partial charge in [-0.2, -0.15) is 0 Å². The van der Waals surface area contributed by atoms with Gasteiger partial charge in [-0.3, -0.25) is 0 Å². The Hall–Kier alpha value is -1.50. The number of allylic oxidation sites excluding steroid dienone is 3. The summed E-state index contributed by atoms with van der Waals surface area (Å²) in [5.74, 6) is 0. The highest BCUT2D eigenvalue weighted by Gasteiger charge is 1.94. The average Bonchev–Trinajstić information content (AvgIpc) is 2.22. The van der Waals surface area contributed by atoms with Crippen LogP contribution in [0.4, 0.5) is 0 Å². The van der Waals surface area contributed by atoms with E-state index in [-0.39, 0.29) is 0 Å². The first kappa shape index (κ1) is 11.6. The van der Waals surface area contributed by atoms with Gasteiger partial charge in [-0.1, -0.05) is 42.0 Å². The second kappa shape index (κ2) is 6.07. The highest BCUT2D eigenvalue weighted by Crippen LogP contribution is 2.05. The Morgan fingerprint density at radius 1 is 1.13 bits per heavy atom. The fraction of sp³-hybridized carbons (Fsp3) is 0.286. The standard InChI is InChI=1S/C14H19N/c1-4-5-6-11-15(3)12-14-9-7-13(2)8-10-14/h4-11H,12H2,1-3H3/b5-4-,11-6-. The molecule has 0 spiro atoms. The number of nitrogens with zero attached hydrogens (tertiary/aromatic N) is 1. The van der Waals surface area contributed by atoms with Crippen molar-refractivity contribution in [1.29, 1.82) is 0 Å². The number of hydrogen-bond acceptors (Lipinski definition) is 1. The van der Waals surface area contributed by atoms with Crippen molar-refractivity contribution in [2.24, 2.45) is 0 Å². The molecule has 1 heteroatoms. The van der Waals surface area contributed by atoms with Crippen molar-refractivity contribution in [2.45, 2.75) is 20.4 Å². The molecule has 0 aliphatic carbocycles. The minimum atomic E-state index is 0.953. The molecule has 0 bridgehead atoms. The molecule has 0 aromatic heterocycles. The zero-order chi connectivity index (χ0) is 11.1. The van der Waals surface area contributed by atoms with Crippen molar-refractivity contribution in [3.63, 3.8) is 0 Å². The van der Waals surface area contributed by atoms with Crippen LogP contribution in [0.25, 0.3) is 0 Å². The van der Waals surface area contributed by atoms with E-state index in [1.165, 1.54) is 11.1 Å². The first-order valence-electron chi connectivity index (χ1n) is 5.27. The molecule has 0 N–H and O–H groups in total. The van der Waals surface area contributed by atoms with Gasteiger partial charge in [-0.05, 0) is 31.7 Å². The number of aryl methyl sites for hydroxylation is 1. The molecule has 1 aromatic rings. The maximum atomic E-state index is 2.18. The first-order valence-corrected chi connectivity index (χ1v) is 5.27. The van der Waals surface area contributed by atoms with Gasteiger partial charge in [-0.15, -0.1) is 0 Å².